The van der Waals surface area contributed by atoms with Crippen LogP contribution in [0.1, 0.15) is 26.2 Å². The van der Waals surface area contributed by atoms with E-state index < -0.39 is 11.6 Å². The lowest BCUT2D eigenvalue weighted by Gasteiger charge is -2.10. The third kappa shape index (κ3) is 5.13. The van der Waals surface area contributed by atoms with Crippen molar-refractivity contribution >= 4 is 0 Å². The molecule has 1 atom stereocenters. The molecule has 0 aromatic heterocycles. The van der Waals surface area contributed by atoms with Crippen molar-refractivity contribution < 1.29 is 13.5 Å². The number of nitrogens with one attached hydrogen (secondary N) is 1. The highest BCUT2D eigenvalue weighted by atomic mass is 19.1. The monoisotopic (exact) mass is 243 g/mol. The zero-order valence-electron chi connectivity index (χ0n) is 10.3. The summed E-state index contributed by atoms with van der Waals surface area (Å²) in [5, 5.41) is 3.15. The molecule has 0 heterocycles. The Bertz CT molecular complexity index is 344. The summed E-state index contributed by atoms with van der Waals surface area (Å²) in [5.41, 5.74) is 0. The fourth-order valence-corrected chi connectivity index (χ4v) is 1.47. The molecule has 0 amide bonds. The summed E-state index contributed by atoms with van der Waals surface area (Å²) in [6.07, 6.45) is 2.94. The van der Waals surface area contributed by atoms with Crippen LogP contribution >= 0.6 is 0 Å². The fraction of sp³-hybridized carbons (Fsp3) is 0.538. The zero-order chi connectivity index (χ0) is 12.7. The SMILES string of the molecule is CNC(C)CCCCOc1ccc(F)cc1F. The van der Waals surface area contributed by atoms with Gasteiger partial charge >= 0.3 is 0 Å². The second kappa shape index (κ2) is 7.22. The number of benzene rings is 1. The standard InChI is InChI=1S/C13H19F2NO/c1-10(16-2)5-3-4-8-17-13-7-6-11(14)9-12(13)15/h6-7,9-10,16H,3-5,8H2,1-2H3. The Morgan fingerprint density at radius 3 is 2.71 bits per heavy atom. The number of hydrogen-bond donors (Lipinski definition) is 1. The van der Waals surface area contributed by atoms with E-state index in [0.29, 0.717) is 12.6 Å². The molecule has 0 aliphatic heterocycles. The van der Waals surface area contributed by atoms with Gasteiger partial charge in [0.05, 0.1) is 6.61 Å². The van der Waals surface area contributed by atoms with Crippen LogP contribution in [0.4, 0.5) is 8.78 Å². The number of hydrogen-bond acceptors (Lipinski definition) is 2. The minimum atomic E-state index is -0.645. The molecule has 1 aromatic rings. The van der Waals surface area contributed by atoms with Gasteiger partial charge in [0, 0.05) is 12.1 Å². The van der Waals surface area contributed by atoms with E-state index in [0.717, 1.165) is 25.3 Å². The molecule has 0 bridgehead atoms. The van der Waals surface area contributed by atoms with E-state index in [-0.39, 0.29) is 5.75 Å². The molecule has 0 spiro atoms. The molecule has 0 radical (unpaired) electrons. The van der Waals surface area contributed by atoms with Gasteiger partial charge in [0.15, 0.2) is 11.6 Å². The second-order valence-corrected chi connectivity index (χ2v) is 4.11. The van der Waals surface area contributed by atoms with Crippen molar-refractivity contribution in [2.45, 2.75) is 32.2 Å². The van der Waals surface area contributed by atoms with Crippen molar-refractivity contribution in [1.82, 2.24) is 5.32 Å². The summed E-state index contributed by atoms with van der Waals surface area (Å²) >= 11 is 0. The van der Waals surface area contributed by atoms with Gasteiger partial charge in [0.2, 0.25) is 0 Å². The van der Waals surface area contributed by atoms with Crippen LogP contribution in [0.15, 0.2) is 18.2 Å². The molecule has 2 nitrogen and oxygen atoms in total. The fourth-order valence-electron chi connectivity index (χ4n) is 1.47. The van der Waals surface area contributed by atoms with Crippen molar-refractivity contribution in [1.29, 1.82) is 0 Å². The van der Waals surface area contributed by atoms with Crippen LogP contribution in [0.3, 0.4) is 0 Å². The number of unbranched alkanes of at least 4 members (excludes halogenated alkanes) is 1. The number of halogens is 2. The Morgan fingerprint density at radius 2 is 2.06 bits per heavy atom. The predicted molar refractivity (Wildman–Crippen MR) is 64.2 cm³/mol. The summed E-state index contributed by atoms with van der Waals surface area (Å²) in [6.45, 7) is 2.57. The Balaban J connectivity index is 2.22. The molecule has 0 aliphatic carbocycles. The zero-order valence-corrected chi connectivity index (χ0v) is 10.3. The Hall–Kier alpha value is -1.16. The quantitative estimate of drug-likeness (QED) is 0.743. The molecule has 0 fully saturated rings. The van der Waals surface area contributed by atoms with Crippen molar-refractivity contribution in [3.8, 4) is 5.75 Å². The van der Waals surface area contributed by atoms with E-state index in [1.54, 1.807) is 0 Å². The minimum Gasteiger partial charge on any atom is -0.491 e. The van der Waals surface area contributed by atoms with Crippen LogP contribution < -0.4 is 10.1 Å². The predicted octanol–water partition coefficient (Wildman–Crippen LogP) is 3.12. The highest BCUT2D eigenvalue weighted by Gasteiger charge is 2.04. The normalized spacial score (nSPS) is 12.5. The molecule has 0 saturated heterocycles. The summed E-state index contributed by atoms with van der Waals surface area (Å²) in [4.78, 5) is 0. The van der Waals surface area contributed by atoms with Gasteiger partial charge in [0.1, 0.15) is 5.82 Å². The summed E-state index contributed by atoms with van der Waals surface area (Å²) < 4.78 is 31.0. The Labute approximate surface area is 101 Å². The van der Waals surface area contributed by atoms with Crippen LogP contribution in [0.2, 0.25) is 0 Å². The topological polar surface area (TPSA) is 21.3 Å². The highest BCUT2D eigenvalue weighted by molar-refractivity contribution is 5.24. The summed E-state index contributed by atoms with van der Waals surface area (Å²) in [5.74, 6) is -1.11. The first-order valence-corrected chi connectivity index (χ1v) is 5.88. The molecule has 96 valence electrons. The molecule has 1 N–H and O–H groups in total. The largest absolute Gasteiger partial charge is 0.491 e. The second-order valence-electron chi connectivity index (χ2n) is 4.11. The van der Waals surface area contributed by atoms with E-state index in [9.17, 15) is 8.78 Å². The average molecular weight is 243 g/mol. The van der Waals surface area contributed by atoms with E-state index in [1.807, 2.05) is 7.05 Å². The first-order chi connectivity index (χ1) is 8.13. The lowest BCUT2D eigenvalue weighted by molar-refractivity contribution is 0.287. The van der Waals surface area contributed by atoms with E-state index in [2.05, 4.69) is 12.2 Å². The van der Waals surface area contributed by atoms with Gasteiger partial charge in [-0.15, -0.1) is 0 Å². The van der Waals surface area contributed by atoms with Crippen LogP contribution in [-0.4, -0.2) is 19.7 Å². The number of rotatable bonds is 7. The lowest BCUT2D eigenvalue weighted by Crippen LogP contribution is -2.20. The molecular formula is C13H19F2NO. The van der Waals surface area contributed by atoms with Gasteiger partial charge in [-0.1, -0.05) is 0 Å². The number of ether oxygens (including phenoxy) is 1. The van der Waals surface area contributed by atoms with Crippen molar-refractivity contribution in [3.63, 3.8) is 0 Å². The van der Waals surface area contributed by atoms with Gasteiger partial charge < -0.3 is 10.1 Å². The third-order valence-electron chi connectivity index (χ3n) is 2.68. The first kappa shape index (κ1) is 13.9. The van der Waals surface area contributed by atoms with Crippen LogP contribution in [0, 0.1) is 11.6 Å². The first-order valence-electron chi connectivity index (χ1n) is 5.88. The minimum absolute atomic E-state index is 0.119. The van der Waals surface area contributed by atoms with E-state index in [1.165, 1.54) is 12.1 Å². The van der Waals surface area contributed by atoms with Gasteiger partial charge in [0.25, 0.3) is 0 Å². The molecule has 0 aliphatic rings. The van der Waals surface area contributed by atoms with Crippen LogP contribution in [-0.2, 0) is 0 Å². The smallest absolute Gasteiger partial charge is 0.167 e. The average Bonchev–Trinajstić information content (AvgIpc) is 2.30. The third-order valence-corrected chi connectivity index (χ3v) is 2.68. The summed E-state index contributed by atoms with van der Waals surface area (Å²) in [6, 6.07) is 3.83. The summed E-state index contributed by atoms with van der Waals surface area (Å²) in [7, 11) is 1.93. The molecule has 1 rings (SSSR count). The van der Waals surface area contributed by atoms with Crippen LogP contribution in [0.25, 0.3) is 0 Å². The van der Waals surface area contributed by atoms with E-state index >= 15 is 0 Å². The molecule has 0 saturated carbocycles. The highest BCUT2D eigenvalue weighted by Crippen LogP contribution is 2.17. The lowest BCUT2D eigenvalue weighted by atomic mass is 10.1. The van der Waals surface area contributed by atoms with Gasteiger partial charge in [-0.05, 0) is 45.4 Å². The Morgan fingerprint density at radius 1 is 1.29 bits per heavy atom. The van der Waals surface area contributed by atoms with Gasteiger partial charge in [-0.25, -0.2) is 8.78 Å². The van der Waals surface area contributed by atoms with Crippen molar-refractivity contribution in [3.05, 3.63) is 29.8 Å². The maximum absolute atomic E-state index is 13.2. The maximum Gasteiger partial charge on any atom is 0.167 e. The van der Waals surface area contributed by atoms with Crippen molar-refractivity contribution in [2.24, 2.45) is 0 Å². The molecule has 1 unspecified atom stereocenters. The van der Waals surface area contributed by atoms with Gasteiger partial charge in [-0.2, -0.15) is 0 Å². The van der Waals surface area contributed by atoms with Crippen molar-refractivity contribution in [2.75, 3.05) is 13.7 Å². The van der Waals surface area contributed by atoms with Gasteiger partial charge in [-0.3, -0.25) is 0 Å². The molecule has 1 aromatic carbocycles. The maximum atomic E-state index is 13.2. The molecule has 17 heavy (non-hydrogen) atoms. The molecule has 4 heteroatoms. The van der Waals surface area contributed by atoms with E-state index in [4.69, 9.17) is 4.74 Å². The Kier molecular flexibility index (Phi) is 5.91. The molecular weight excluding hydrogens is 224 g/mol. The van der Waals surface area contributed by atoms with Crippen LogP contribution in [0.5, 0.6) is 5.75 Å².